The van der Waals surface area contributed by atoms with Gasteiger partial charge in [0, 0.05) is 19.1 Å². The van der Waals surface area contributed by atoms with Crippen LogP contribution in [-0.2, 0) is 15.8 Å². The molecule has 2 bridgehead atoms. The van der Waals surface area contributed by atoms with E-state index in [2.05, 4.69) is 0 Å². The monoisotopic (exact) mass is 316 g/mol. The second-order valence-corrected chi connectivity index (χ2v) is 7.70. The number of piperidine rings is 1. The predicted molar refractivity (Wildman–Crippen MR) is 82.1 cm³/mol. The lowest BCUT2D eigenvalue weighted by Gasteiger charge is -2.35. The summed E-state index contributed by atoms with van der Waals surface area (Å²) in [4.78, 5) is 0. The summed E-state index contributed by atoms with van der Waals surface area (Å²) in [6.45, 7) is 1.21. The molecule has 0 radical (unpaired) electrons. The zero-order chi connectivity index (χ0) is 13.5. The van der Waals surface area contributed by atoms with Crippen molar-refractivity contribution in [2.75, 3.05) is 13.1 Å². The first-order chi connectivity index (χ1) is 9.06. The molecule has 3 atom stereocenters. The number of nitrogens with two attached hydrogens (primary N) is 1. The number of sulfonamides is 1. The van der Waals surface area contributed by atoms with Gasteiger partial charge in [0.1, 0.15) is 0 Å². The summed E-state index contributed by atoms with van der Waals surface area (Å²) in [5, 5.41) is 0. The molecule has 112 valence electrons. The van der Waals surface area contributed by atoms with E-state index in [9.17, 15) is 8.42 Å². The summed E-state index contributed by atoms with van der Waals surface area (Å²) in [5.74, 6) is 0.802. The summed E-state index contributed by atoms with van der Waals surface area (Å²) in [5.41, 5.74) is 6.97. The molecule has 4 nitrogen and oxygen atoms in total. The number of nitrogens with zero attached hydrogens (tertiary/aromatic N) is 1. The van der Waals surface area contributed by atoms with E-state index in [-0.39, 0.29) is 24.2 Å². The molecule has 1 heterocycles. The van der Waals surface area contributed by atoms with Gasteiger partial charge in [0.2, 0.25) is 10.0 Å². The second-order valence-electron chi connectivity index (χ2n) is 5.73. The van der Waals surface area contributed by atoms with E-state index >= 15 is 0 Å². The minimum Gasteiger partial charge on any atom is -0.327 e. The first-order valence-electron chi connectivity index (χ1n) is 6.83. The van der Waals surface area contributed by atoms with Crippen LogP contribution in [0.1, 0.15) is 18.4 Å². The zero-order valence-corrected chi connectivity index (χ0v) is 12.9. The molecule has 1 aromatic carbocycles. The SMILES string of the molecule is Cl.NC1[C@@H]2CC[C@H]1CN(S(=O)(=O)Cc1ccccc1)C2. The van der Waals surface area contributed by atoms with Gasteiger partial charge in [-0.2, -0.15) is 0 Å². The van der Waals surface area contributed by atoms with Crippen LogP contribution in [0.4, 0.5) is 0 Å². The Kier molecular flexibility index (Phi) is 4.74. The van der Waals surface area contributed by atoms with E-state index in [0.29, 0.717) is 24.9 Å². The van der Waals surface area contributed by atoms with Crippen LogP contribution in [0.5, 0.6) is 0 Å². The van der Waals surface area contributed by atoms with Crippen LogP contribution in [0.2, 0.25) is 0 Å². The minimum atomic E-state index is -3.21. The highest BCUT2D eigenvalue weighted by Gasteiger charge is 2.43. The van der Waals surface area contributed by atoms with Crippen LogP contribution in [-0.4, -0.2) is 31.9 Å². The number of hydrogen-bond donors (Lipinski definition) is 1. The number of rotatable bonds is 3. The van der Waals surface area contributed by atoms with E-state index < -0.39 is 10.0 Å². The lowest BCUT2D eigenvalue weighted by Crippen LogP contribution is -2.50. The lowest BCUT2D eigenvalue weighted by molar-refractivity contribution is 0.228. The predicted octanol–water partition coefficient (Wildman–Crippen LogP) is 1.61. The van der Waals surface area contributed by atoms with Crippen LogP contribution in [0.3, 0.4) is 0 Å². The van der Waals surface area contributed by atoms with Gasteiger partial charge in [0.15, 0.2) is 0 Å². The van der Waals surface area contributed by atoms with Gasteiger partial charge in [0.05, 0.1) is 5.75 Å². The molecule has 0 amide bonds. The van der Waals surface area contributed by atoms with Crippen LogP contribution >= 0.6 is 12.4 Å². The van der Waals surface area contributed by atoms with Crippen molar-refractivity contribution in [2.45, 2.75) is 24.6 Å². The molecule has 2 aliphatic rings. The molecule has 6 heteroatoms. The largest absolute Gasteiger partial charge is 0.327 e. The number of halogens is 1. The molecule has 1 saturated carbocycles. The zero-order valence-electron chi connectivity index (χ0n) is 11.3. The van der Waals surface area contributed by atoms with Crippen molar-refractivity contribution in [3.63, 3.8) is 0 Å². The number of benzene rings is 1. The Hall–Kier alpha value is -0.620. The topological polar surface area (TPSA) is 63.4 Å². The van der Waals surface area contributed by atoms with Crippen molar-refractivity contribution in [3.8, 4) is 0 Å². The molecular weight excluding hydrogens is 296 g/mol. The van der Waals surface area contributed by atoms with Gasteiger partial charge in [-0.25, -0.2) is 12.7 Å². The van der Waals surface area contributed by atoms with Crippen LogP contribution in [0.25, 0.3) is 0 Å². The molecule has 2 N–H and O–H groups in total. The summed E-state index contributed by atoms with van der Waals surface area (Å²) in [6.07, 6.45) is 2.15. The number of hydrogen-bond acceptors (Lipinski definition) is 3. The number of fused-ring (bicyclic) bond motifs is 2. The highest BCUT2D eigenvalue weighted by atomic mass is 35.5. The average molecular weight is 317 g/mol. The maximum absolute atomic E-state index is 12.5. The van der Waals surface area contributed by atoms with E-state index in [4.69, 9.17) is 5.73 Å². The van der Waals surface area contributed by atoms with E-state index in [1.165, 1.54) is 0 Å². The van der Waals surface area contributed by atoms with E-state index in [0.717, 1.165) is 18.4 Å². The molecule has 1 aliphatic carbocycles. The average Bonchev–Trinajstić information content (AvgIpc) is 2.62. The van der Waals surface area contributed by atoms with Crippen LogP contribution < -0.4 is 5.73 Å². The van der Waals surface area contributed by atoms with E-state index in [1.54, 1.807) is 4.31 Å². The Morgan fingerprint density at radius 1 is 1.10 bits per heavy atom. The molecule has 1 unspecified atom stereocenters. The molecule has 3 rings (SSSR count). The molecular formula is C14H21ClN2O2S. The fourth-order valence-electron chi connectivity index (χ4n) is 3.32. The van der Waals surface area contributed by atoms with E-state index in [1.807, 2.05) is 30.3 Å². The van der Waals surface area contributed by atoms with Gasteiger partial charge >= 0.3 is 0 Å². The third kappa shape index (κ3) is 3.01. The van der Waals surface area contributed by atoms with Gasteiger partial charge in [0.25, 0.3) is 0 Å². The molecule has 20 heavy (non-hydrogen) atoms. The smallest absolute Gasteiger partial charge is 0.218 e. The van der Waals surface area contributed by atoms with Gasteiger partial charge < -0.3 is 5.73 Å². The highest BCUT2D eigenvalue weighted by Crippen LogP contribution is 2.36. The molecule has 2 fully saturated rings. The minimum absolute atomic E-state index is 0. The maximum atomic E-state index is 12.5. The van der Waals surface area contributed by atoms with Gasteiger partial charge in [-0.3, -0.25) is 0 Å². The van der Waals surface area contributed by atoms with Crippen molar-refractivity contribution < 1.29 is 8.42 Å². The summed E-state index contributed by atoms with van der Waals surface area (Å²) in [7, 11) is -3.21. The van der Waals surface area contributed by atoms with Gasteiger partial charge in [-0.1, -0.05) is 30.3 Å². The molecule has 1 aliphatic heterocycles. The molecule has 1 aromatic rings. The molecule has 0 aromatic heterocycles. The summed E-state index contributed by atoms with van der Waals surface area (Å²) in [6, 6.07) is 9.57. The highest BCUT2D eigenvalue weighted by molar-refractivity contribution is 7.88. The van der Waals surface area contributed by atoms with Crippen molar-refractivity contribution in [2.24, 2.45) is 17.6 Å². The summed E-state index contributed by atoms with van der Waals surface area (Å²) < 4.78 is 26.6. The Bertz CT molecular complexity index is 536. The standard InChI is InChI=1S/C14H20N2O2S.ClH/c15-14-12-6-7-13(14)9-16(8-12)19(17,18)10-11-4-2-1-3-5-11;/h1-5,12-14H,6-10,15H2;1H/t12-,13+,14?;. The van der Waals surface area contributed by atoms with Crippen molar-refractivity contribution in [1.29, 1.82) is 0 Å². The van der Waals surface area contributed by atoms with Crippen molar-refractivity contribution in [3.05, 3.63) is 35.9 Å². The van der Waals surface area contributed by atoms with Gasteiger partial charge in [-0.05, 0) is 30.2 Å². The fourth-order valence-corrected chi connectivity index (χ4v) is 4.96. The normalized spacial score (nSPS) is 29.9. The molecule has 1 saturated heterocycles. The third-order valence-corrected chi connectivity index (χ3v) is 6.24. The maximum Gasteiger partial charge on any atom is 0.218 e. The Morgan fingerprint density at radius 2 is 1.65 bits per heavy atom. The molecule has 0 spiro atoms. The lowest BCUT2D eigenvalue weighted by atomic mass is 9.95. The fraction of sp³-hybridized carbons (Fsp3) is 0.571. The first kappa shape index (κ1) is 15.8. The Morgan fingerprint density at radius 3 is 2.20 bits per heavy atom. The van der Waals surface area contributed by atoms with Crippen LogP contribution in [0.15, 0.2) is 30.3 Å². The Balaban J connectivity index is 0.00000147. The van der Waals surface area contributed by atoms with Crippen LogP contribution in [0, 0.1) is 11.8 Å². The second kappa shape index (κ2) is 6.02. The third-order valence-electron chi connectivity index (χ3n) is 4.46. The van der Waals surface area contributed by atoms with Gasteiger partial charge in [-0.15, -0.1) is 12.4 Å². The quantitative estimate of drug-likeness (QED) is 0.921. The summed E-state index contributed by atoms with van der Waals surface area (Å²) >= 11 is 0. The first-order valence-corrected chi connectivity index (χ1v) is 8.44. The van der Waals surface area contributed by atoms with Crippen molar-refractivity contribution >= 4 is 22.4 Å². The van der Waals surface area contributed by atoms with Crippen molar-refractivity contribution in [1.82, 2.24) is 4.31 Å². The Labute approximate surface area is 126 Å².